The Kier molecular flexibility index (Phi) is 3.76. The van der Waals surface area contributed by atoms with Crippen molar-refractivity contribution in [2.24, 2.45) is 0 Å². The van der Waals surface area contributed by atoms with Gasteiger partial charge < -0.3 is 9.64 Å². The van der Waals surface area contributed by atoms with Gasteiger partial charge in [-0.15, -0.1) is 0 Å². The van der Waals surface area contributed by atoms with Crippen molar-refractivity contribution in [3.63, 3.8) is 0 Å². The third kappa shape index (κ3) is 2.83. The standard InChI is InChI=1S/C17H24N2O2/c1-17(2,3)13-6-4-12(5-7-13)16-18-10-15(20)19(16)14-8-9-21-11-14/h4-7,14,16,18H,8-11H2,1-3H3. The highest BCUT2D eigenvalue weighted by atomic mass is 16.5. The minimum absolute atomic E-state index is 0.0155. The van der Waals surface area contributed by atoms with Crippen molar-refractivity contribution in [3.05, 3.63) is 35.4 Å². The number of carbonyl (C=O) groups excluding carboxylic acids is 1. The minimum Gasteiger partial charge on any atom is -0.379 e. The van der Waals surface area contributed by atoms with Crippen molar-refractivity contribution < 1.29 is 9.53 Å². The van der Waals surface area contributed by atoms with Gasteiger partial charge >= 0.3 is 0 Å². The Morgan fingerprint density at radius 2 is 1.95 bits per heavy atom. The minimum atomic E-state index is -0.0155. The fourth-order valence-electron chi connectivity index (χ4n) is 3.12. The zero-order valence-electron chi connectivity index (χ0n) is 13.1. The van der Waals surface area contributed by atoms with E-state index >= 15 is 0 Å². The van der Waals surface area contributed by atoms with Crippen LogP contribution in [0.25, 0.3) is 0 Å². The summed E-state index contributed by atoms with van der Waals surface area (Å²) in [4.78, 5) is 14.2. The van der Waals surface area contributed by atoms with Crippen LogP contribution in [0.3, 0.4) is 0 Å². The molecule has 0 aromatic heterocycles. The number of rotatable bonds is 2. The largest absolute Gasteiger partial charge is 0.379 e. The topological polar surface area (TPSA) is 41.6 Å². The van der Waals surface area contributed by atoms with Crippen LogP contribution in [0.15, 0.2) is 24.3 Å². The molecule has 3 rings (SSSR count). The zero-order valence-corrected chi connectivity index (χ0v) is 13.1. The molecule has 1 N–H and O–H groups in total. The second kappa shape index (κ2) is 5.43. The highest BCUT2D eigenvalue weighted by molar-refractivity contribution is 5.81. The van der Waals surface area contributed by atoms with Gasteiger partial charge in [0.1, 0.15) is 6.17 Å². The van der Waals surface area contributed by atoms with Gasteiger partial charge in [0.05, 0.1) is 19.2 Å². The molecule has 2 aliphatic heterocycles. The van der Waals surface area contributed by atoms with Crippen LogP contribution in [-0.2, 0) is 14.9 Å². The molecule has 21 heavy (non-hydrogen) atoms. The lowest BCUT2D eigenvalue weighted by atomic mass is 9.86. The molecule has 2 saturated heterocycles. The summed E-state index contributed by atoms with van der Waals surface area (Å²) in [5.41, 5.74) is 2.61. The van der Waals surface area contributed by atoms with Crippen molar-refractivity contribution in [1.82, 2.24) is 10.2 Å². The van der Waals surface area contributed by atoms with Gasteiger partial charge in [0, 0.05) is 6.61 Å². The molecule has 2 aliphatic rings. The summed E-state index contributed by atoms with van der Waals surface area (Å²) in [5, 5.41) is 3.33. The van der Waals surface area contributed by atoms with Crippen LogP contribution in [0.4, 0.5) is 0 Å². The third-order valence-corrected chi connectivity index (χ3v) is 4.40. The lowest BCUT2D eigenvalue weighted by Gasteiger charge is -2.30. The van der Waals surface area contributed by atoms with E-state index in [1.807, 2.05) is 4.90 Å². The summed E-state index contributed by atoms with van der Waals surface area (Å²) in [5.74, 6) is 0.176. The van der Waals surface area contributed by atoms with Gasteiger partial charge in [-0.3, -0.25) is 10.1 Å². The van der Waals surface area contributed by atoms with Crippen molar-refractivity contribution in [3.8, 4) is 0 Å². The summed E-state index contributed by atoms with van der Waals surface area (Å²) in [6, 6.07) is 8.82. The number of benzene rings is 1. The van der Waals surface area contributed by atoms with Gasteiger partial charge in [-0.25, -0.2) is 0 Å². The quantitative estimate of drug-likeness (QED) is 0.907. The normalized spacial score (nSPS) is 26.6. The fourth-order valence-corrected chi connectivity index (χ4v) is 3.12. The average molecular weight is 288 g/mol. The van der Waals surface area contributed by atoms with E-state index in [2.05, 4.69) is 50.4 Å². The van der Waals surface area contributed by atoms with Crippen molar-refractivity contribution >= 4 is 5.91 Å². The van der Waals surface area contributed by atoms with Gasteiger partial charge in [0.2, 0.25) is 5.91 Å². The van der Waals surface area contributed by atoms with E-state index in [-0.39, 0.29) is 23.5 Å². The van der Waals surface area contributed by atoms with E-state index in [4.69, 9.17) is 4.74 Å². The molecule has 2 unspecified atom stereocenters. The predicted molar refractivity (Wildman–Crippen MR) is 82.0 cm³/mol. The van der Waals surface area contributed by atoms with Gasteiger partial charge in [0.25, 0.3) is 0 Å². The van der Waals surface area contributed by atoms with E-state index < -0.39 is 0 Å². The van der Waals surface area contributed by atoms with Crippen LogP contribution in [-0.4, -0.2) is 36.6 Å². The first kappa shape index (κ1) is 14.5. The maximum atomic E-state index is 12.2. The van der Waals surface area contributed by atoms with Crippen LogP contribution in [0.1, 0.15) is 44.5 Å². The Bertz CT molecular complexity index is 513. The first-order valence-electron chi connectivity index (χ1n) is 7.69. The Hall–Kier alpha value is -1.39. The lowest BCUT2D eigenvalue weighted by Crippen LogP contribution is -2.40. The van der Waals surface area contributed by atoms with E-state index in [0.29, 0.717) is 13.2 Å². The van der Waals surface area contributed by atoms with Crippen LogP contribution in [0, 0.1) is 0 Å². The number of hydrogen-bond donors (Lipinski definition) is 1. The SMILES string of the molecule is CC(C)(C)c1ccc(C2NCC(=O)N2C2CCOC2)cc1. The Morgan fingerprint density at radius 1 is 1.24 bits per heavy atom. The van der Waals surface area contributed by atoms with Crippen LogP contribution < -0.4 is 5.32 Å². The van der Waals surface area contributed by atoms with Gasteiger partial charge in [0.15, 0.2) is 0 Å². The molecular weight excluding hydrogens is 264 g/mol. The monoisotopic (exact) mass is 288 g/mol. The lowest BCUT2D eigenvalue weighted by molar-refractivity contribution is -0.130. The van der Waals surface area contributed by atoms with Crippen LogP contribution >= 0.6 is 0 Å². The second-order valence-corrected chi connectivity index (χ2v) is 6.97. The summed E-state index contributed by atoms with van der Waals surface area (Å²) >= 11 is 0. The highest BCUT2D eigenvalue weighted by Gasteiger charge is 2.38. The Labute approximate surface area is 126 Å². The molecule has 4 nitrogen and oxygen atoms in total. The third-order valence-electron chi connectivity index (χ3n) is 4.40. The van der Waals surface area contributed by atoms with Gasteiger partial charge in [-0.05, 0) is 23.0 Å². The summed E-state index contributed by atoms with van der Waals surface area (Å²) < 4.78 is 5.44. The molecule has 1 aromatic carbocycles. The number of ether oxygens (including phenoxy) is 1. The first-order chi connectivity index (χ1) is 9.97. The molecular formula is C17H24N2O2. The average Bonchev–Trinajstić information content (AvgIpc) is 3.06. The molecule has 1 amide bonds. The van der Waals surface area contributed by atoms with Gasteiger partial charge in [-0.1, -0.05) is 45.0 Å². The van der Waals surface area contributed by atoms with Crippen molar-refractivity contribution in [1.29, 1.82) is 0 Å². The number of amides is 1. The molecule has 0 bridgehead atoms. The number of nitrogens with one attached hydrogen (secondary N) is 1. The van der Waals surface area contributed by atoms with Crippen LogP contribution in [0.5, 0.6) is 0 Å². The van der Waals surface area contributed by atoms with E-state index in [9.17, 15) is 4.79 Å². The van der Waals surface area contributed by atoms with Crippen molar-refractivity contribution in [2.45, 2.75) is 44.8 Å². The molecule has 2 heterocycles. The van der Waals surface area contributed by atoms with E-state index in [1.54, 1.807) is 0 Å². The summed E-state index contributed by atoms with van der Waals surface area (Å²) in [7, 11) is 0. The van der Waals surface area contributed by atoms with Gasteiger partial charge in [-0.2, -0.15) is 0 Å². The maximum Gasteiger partial charge on any atom is 0.238 e. The smallest absolute Gasteiger partial charge is 0.238 e. The van der Waals surface area contributed by atoms with E-state index in [1.165, 1.54) is 5.56 Å². The molecule has 2 atom stereocenters. The number of carbonyl (C=O) groups is 1. The second-order valence-electron chi connectivity index (χ2n) is 6.97. The Balaban J connectivity index is 1.83. The molecule has 0 radical (unpaired) electrons. The highest BCUT2D eigenvalue weighted by Crippen LogP contribution is 2.30. The maximum absolute atomic E-state index is 12.2. The predicted octanol–water partition coefficient (Wildman–Crippen LogP) is 2.20. The molecule has 0 aliphatic carbocycles. The first-order valence-corrected chi connectivity index (χ1v) is 7.69. The molecule has 114 valence electrons. The molecule has 0 saturated carbocycles. The number of hydrogen-bond acceptors (Lipinski definition) is 3. The summed E-state index contributed by atoms with van der Waals surface area (Å²) in [6.07, 6.45) is 0.919. The number of nitrogens with zero attached hydrogens (tertiary/aromatic N) is 1. The molecule has 0 spiro atoms. The molecule has 1 aromatic rings. The summed E-state index contributed by atoms with van der Waals surface area (Å²) in [6.45, 7) is 8.46. The zero-order chi connectivity index (χ0) is 15.0. The van der Waals surface area contributed by atoms with Crippen molar-refractivity contribution in [2.75, 3.05) is 19.8 Å². The van der Waals surface area contributed by atoms with E-state index in [0.717, 1.165) is 18.6 Å². The molecule has 4 heteroatoms. The fraction of sp³-hybridized carbons (Fsp3) is 0.588. The molecule has 2 fully saturated rings. The Morgan fingerprint density at radius 3 is 2.52 bits per heavy atom. The van der Waals surface area contributed by atoms with Crippen LogP contribution in [0.2, 0.25) is 0 Å².